The van der Waals surface area contributed by atoms with E-state index < -0.39 is 11.6 Å². The smallest absolute Gasteiger partial charge is 0.329 e. The first-order valence-electron chi connectivity index (χ1n) is 12.6. The number of esters is 1. The fraction of sp³-hybridized carbons (Fsp3) is 0.704. The number of amides is 1. The first kappa shape index (κ1) is 23.0. The molecule has 1 aliphatic heterocycles. The number of hydrogen-bond donors (Lipinski definition) is 0. The van der Waals surface area contributed by atoms with E-state index in [1.54, 1.807) is 23.1 Å². The summed E-state index contributed by atoms with van der Waals surface area (Å²) in [5.74, 6) is 2.44. The Balaban J connectivity index is 1.34. The molecule has 0 radical (unpaired) electrons. The van der Waals surface area contributed by atoms with Gasteiger partial charge in [-0.25, -0.2) is 4.79 Å². The second-order valence-electron chi connectivity index (χ2n) is 12.0. The number of hydrogen-bond acceptors (Lipinski definition) is 4. The maximum atomic E-state index is 13.6. The van der Waals surface area contributed by atoms with E-state index in [1.165, 1.54) is 38.5 Å². The van der Waals surface area contributed by atoms with Crippen LogP contribution in [0, 0.1) is 23.2 Å². The van der Waals surface area contributed by atoms with Gasteiger partial charge >= 0.3 is 5.97 Å². The molecule has 33 heavy (non-hydrogen) atoms. The summed E-state index contributed by atoms with van der Waals surface area (Å²) in [6.45, 7) is 6.69. The van der Waals surface area contributed by atoms with E-state index in [4.69, 9.17) is 21.1 Å². The second-order valence-corrected chi connectivity index (χ2v) is 12.4. The topological polar surface area (TPSA) is 55.8 Å². The van der Waals surface area contributed by atoms with Gasteiger partial charge in [-0.1, -0.05) is 17.7 Å². The highest BCUT2D eigenvalue weighted by Gasteiger charge is 2.51. The van der Waals surface area contributed by atoms with Crippen molar-refractivity contribution in [2.24, 2.45) is 23.2 Å². The molecule has 6 rings (SSSR count). The van der Waals surface area contributed by atoms with Gasteiger partial charge in [-0.15, -0.1) is 0 Å². The highest BCUT2D eigenvalue weighted by Crippen LogP contribution is 2.60. The van der Waals surface area contributed by atoms with Crippen LogP contribution in [-0.4, -0.2) is 41.6 Å². The Bertz CT molecular complexity index is 901. The van der Waals surface area contributed by atoms with Crippen molar-refractivity contribution in [1.29, 1.82) is 0 Å². The monoisotopic (exact) mass is 473 g/mol. The molecule has 1 aromatic carbocycles. The first-order chi connectivity index (χ1) is 15.6. The number of halogens is 1. The molecule has 4 bridgehead atoms. The molecule has 1 unspecified atom stereocenters. The maximum absolute atomic E-state index is 13.6. The van der Waals surface area contributed by atoms with E-state index in [-0.39, 0.29) is 17.3 Å². The van der Waals surface area contributed by atoms with Gasteiger partial charge in [-0.2, -0.15) is 0 Å². The Morgan fingerprint density at radius 2 is 1.73 bits per heavy atom. The van der Waals surface area contributed by atoms with Crippen LogP contribution in [0.4, 0.5) is 0 Å². The summed E-state index contributed by atoms with van der Waals surface area (Å²) >= 11 is 6.57. The molecule has 4 saturated carbocycles. The van der Waals surface area contributed by atoms with Crippen LogP contribution in [-0.2, 0) is 9.53 Å². The van der Waals surface area contributed by atoms with Crippen LogP contribution in [0.25, 0.3) is 0 Å². The minimum Gasteiger partial charge on any atom is -0.491 e. The van der Waals surface area contributed by atoms with Gasteiger partial charge in [0.05, 0.1) is 17.2 Å². The number of rotatable bonds is 5. The molecule has 180 valence electrons. The Kier molecular flexibility index (Phi) is 5.91. The van der Waals surface area contributed by atoms with Crippen molar-refractivity contribution >= 4 is 23.5 Å². The van der Waals surface area contributed by atoms with Gasteiger partial charge in [0.2, 0.25) is 0 Å². The van der Waals surface area contributed by atoms with Crippen LogP contribution in [0.2, 0.25) is 5.02 Å². The number of nitrogens with zero attached hydrogens (tertiary/aromatic N) is 1. The zero-order chi connectivity index (χ0) is 23.4. The molecular formula is C27H36ClNO4. The second kappa shape index (κ2) is 8.48. The molecule has 1 saturated heterocycles. The lowest BCUT2D eigenvalue weighted by Gasteiger charge is -2.56. The zero-order valence-electron chi connectivity index (χ0n) is 20.1. The number of carbonyl (C=O) groups excluding carboxylic acids is 2. The van der Waals surface area contributed by atoms with Gasteiger partial charge in [-0.3, -0.25) is 4.79 Å². The summed E-state index contributed by atoms with van der Waals surface area (Å²) < 4.78 is 12.0. The third-order valence-electron chi connectivity index (χ3n) is 8.08. The molecule has 0 aromatic heterocycles. The minimum absolute atomic E-state index is 0.202. The standard InChI is InChI=1S/C27H36ClNO4/c1-26(2,3)33-25(31)22-8-5-9-29(22)24(30)20-6-4-7-21(28)23(20)32-16-27-13-17-10-18(14-27)12-19(11-17)15-27/h4,6-7,17-19,22H,5,8-16H2,1-3H3. The summed E-state index contributed by atoms with van der Waals surface area (Å²) in [4.78, 5) is 28.0. The number of ether oxygens (including phenoxy) is 2. The minimum atomic E-state index is -0.587. The fourth-order valence-electron chi connectivity index (χ4n) is 7.30. The number of para-hydroxylation sites is 1. The van der Waals surface area contributed by atoms with Crippen molar-refractivity contribution in [3.05, 3.63) is 28.8 Å². The molecule has 0 N–H and O–H groups in total. The zero-order valence-corrected chi connectivity index (χ0v) is 20.8. The Labute approximate surface area is 202 Å². The van der Waals surface area contributed by atoms with Gasteiger partial charge in [0.25, 0.3) is 5.91 Å². The van der Waals surface area contributed by atoms with E-state index in [0.717, 1.165) is 24.2 Å². The van der Waals surface area contributed by atoms with Gasteiger partial charge in [0, 0.05) is 12.0 Å². The molecule has 0 spiro atoms. The Morgan fingerprint density at radius 1 is 1.09 bits per heavy atom. The summed E-state index contributed by atoms with van der Waals surface area (Å²) in [5.41, 5.74) is 0.0834. The van der Waals surface area contributed by atoms with Gasteiger partial charge in [-0.05, 0) is 102 Å². The van der Waals surface area contributed by atoms with Crippen molar-refractivity contribution in [2.45, 2.75) is 83.8 Å². The summed E-state index contributed by atoms with van der Waals surface area (Å²) in [7, 11) is 0. The van der Waals surface area contributed by atoms with Crippen molar-refractivity contribution in [2.75, 3.05) is 13.2 Å². The summed E-state index contributed by atoms with van der Waals surface area (Å²) in [6.07, 6.45) is 9.26. The van der Waals surface area contributed by atoms with Crippen LogP contribution in [0.1, 0.15) is 82.5 Å². The van der Waals surface area contributed by atoms with Crippen molar-refractivity contribution in [1.82, 2.24) is 4.90 Å². The molecular weight excluding hydrogens is 438 g/mol. The molecule has 5 fully saturated rings. The Morgan fingerprint density at radius 3 is 2.33 bits per heavy atom. The lowest BCUT2D eigenvalue weighted by molar-refractivity contribution is -0.159. The van der Waals surface area contributed by atoms with E-state index in [9.17, 15) is 9.59 Å². The van der Waals surface area contributed by atoms with E-state index >= 15 is 0 Å². The number of likely N-dealkylation sites (tertiary alicyclic amines) is 1. The SMILES string of the molecule is CC(C)(C)OC(=O)C1CCCN1C(=O)c1cccc(Cl)c1OCC12CC3CC(CC(C3)C1)C2. The van der Waals surface area contributed by atoms with Crippen LogP contribution >= 0.6 is 11.6 Å². The van der Waals surface area contributed by atoms with Crippen LogP contribution in [0.3, 0.4) is 0 Å². The molecule has 1 aromatic rings. The number of carbonyl (C=O) groups is 2. The highest BCUT2D eigenvalue weighted by molar-refractivity contribution is 6.32. The molecule has 6 heteroatoms. The maximum Gasteiger partial charge on any atom is 0.329 e. The molecule has 5 aliphatic rings. The largest absolute Gasteiger partial charge is 0.491 e. The molecule has 1 atom stereocenters. The number of benzene rings is 1. The van der Waals surface area contributed by atoms with Crippen molar-refractivity contribution < 1.29 is 19.1 Å². The van der Waals surface area contributed by atoms with Crippen LogP contribution < -0.4 is 4.74 Å². The predicted octanol–water partition coefficient (Wildman–Crippen LogP) is 5.88. The van der Waals surface area contributed by atoms with Crippen molar-refractivity contribution in [3.8, 4) is 5.75 Å². The van der Waals surface area contributed by atoms with E-state index in [0.29, 0.717) is 35.9 Å². The molecule has 1 heterocycles. The third-order valence-corrected chi connectivity index (χ3v) is 8.38. The average Bonchev–Trinajstić information content (AvgIpc) is 3.20. The third kappa shape index (κ3) is 4.62. The first-order valence-corrected chi connectivity index (χ1v) is 13.0. The van der Waals surface area contributed by atoms with E-state index in [2.05, 4.69) is 0 Å². The molecule has 5 nitrogen and oxygen atoms in total. The summed E-state index contributed by atoms with van der Waals surface area (Å²) in [6, 6.07) is 4.77. The molecule has 4 aliphatic carbocycles. The highest BCUT2D eigenvalue weighted by atomic mass is 35.5. The summed E-state index contributed by atoms with van der Waals surface area (Å²) in [5, 5.41) is 0.457. The molecule has 1 amide bonds. The predicted molar refractivity (Wildman–Crippen MR) is 127 cm³/mol. The van der Waals surface area contributed by atoms with E-state index in [1.807, 2.05) is 20.8 Å². The lowest BCUT2D eigenvalue weighted by atomic mass is 9.50. The average molecular weight is 474 g/mol. The van der Waals surface area contributed by atoms with Gasteiger partial charge < -0.3 is 14.4 Å². The Hall–Kier alpha value is -1.75. The van der Waals surface area contributed by atoms with Crippen LogP contribution in [0.5, 0.6) is 5.75 Å². The fourth-order valence-corrected chi connectivity index (χ4v) is 7.52. The van der Waals surface area contributed by atoms with Crippen molar-refractivity contribution in [3.63, 3.8) is 0 Å². The quantitative estimate of drug-likeness (QED) is 0.501. The van der Waals surface area contributed by atoms with Gasteiger partial charge in [0.1, 0.15) is 11.6 Å². The van der Waals surface area contributed by atoms with Gasteiger partial charge in [0.15, 0.2) is 5.75 Å². The van der Waals surface area contributed by atoms with Crippen LogP contribution in [0.15, 0.2) is 18.2 Å². The normalized spacial score (nSPS) is 32.8. The lowest BCUT2D eigenvalue weighted by Crippen LogP contribution is -2.48.